The Morgan fingerprint density at radius 1 is 0.955 bits per heavy atom. The number of rotatable bonds is 3. The summed E-state index contributed by atoms with van der Waals surface area (Å²) in [5, 5.41) is 31.9. The number of halogens is 3. The van der Waals surface area contributed by atoms with Crippen LogP contribution in [0.4, 0.5) is 18.9 Å². The summed E-state index contributed by atoms with van der Waals surface area (Å²) < 4.78 is 37.2. The highest BCUT2D eigenvalue weighted by molar-refractivity contribution is 5.88. The van der Waals surface area contributed by atoms with Crippen molar-refractivity contribution >= 4 is 11.9 Å². The van der Waals surface area contributed by atoms with Gasteiger partial charge in [0.2, 0.25) is 0 Å². The van der Waals surface area contributed by atoms with Crippen molar-refractivity contribution in [1.82, 2.24) is 0 Å². The van der Waals surface area contributed by atoms with Crippen LogP contribution in [-0.4, -0.2) is 21.5 Å². The van der Waals surface area contributed by atoms with Gasteiger partial charge in [-0.15, -0.1) is 0 Å². The quantitative estimate of drug-likeness (QED) is 0.517. The van der Waals surface area contributed by atoms with Crippen molar-refractivity contribution in [2.75, 3.05) is 5.43 Å². The van der Waals surface area contributed by atoms with Crippen LogP contribution in [0.5, 0.6) is 17.2 Å². The third-order valence-corrected chi connectivity index (χ3v) is 2.72. The van der Waals surface area contributed by atoms with E-state index in [9.17, 15) is 23.4 Å². The number of phenolic OH excluding ortho intramolecular Hbond substituents is 3. The van der Waals surface area contributed by atoms with Crippen LogP contribution in [0.25, 0.3) is 0 Å². The summed E-state index contributed by atoms with van der Waals surface area (Å²) in [5.41, 5.74) is 1.93. The summed E-state index contributed by atoms with van der Waals surface area (Å²) >= 11 is 0. The molecule has 8 heteroatoms. The summed E-state index contributed by atoms with van der Waals surface area (Å²) in [6.07, 6.45) is -3.34. The normalized spacial score (nSPS) is 11.8. The molecule has 0 bridgehead atoms. The van der Waals surface area contributed by atoms with Crippen LogP contribution in [0, 0.1) is 0 Å². The van der Waals surface area contributed by atoms with Crippen LogP contribution >= 0.6 is 0 Å². The molecule has 0 radical (unpaired) electrons. The molecule has 22 heavy (non-hydrogen) atoms. The second kappa shape index (κ2) is 5.84. The molecular formula is C14H11F3N2O3. The van der Waals surface area contributed by atoms with Crippen LogP contribution in [0.2, 0.25) is 0 Å². The van der Waals surface area contributed by atoms with Crippen molar-refractivity contribution in [3.05, 3.63) is 47.5 Å². The molecule has 0 saturated carbocycles. The highest BCUT2D eigenvalue weighted by Gasteiger charge is 2.29. The maximum absolute atomic E-state index is 12.4. The minimum atomic E-state index is -4.41. The number of nitrogens with one attached hydrogen (secondary N) is 1. The third kappa shape index (κ3) is 3.60. The van der Waals surface area contributed by atoms with Crippen LogP contribution < -0.4 is 5.43 Å². The van der Waals surface area contributed by atoms with Gasteiger partial charge in [-0.2, -0.15) is 18.3 Å². The molecule has 2 rings (SSSR count). The molecule has 5 nitrogen and oxygen atoms in total. The largest absolute Gasteiger partial charge is 0.508 e. The first-order valence-electron chi connectivity index (χ1n) is 5.98. The lowest BCUT2D eigenvalue weighted by atomic mass is 10.2. The van der Waals surface area contributed by atoms with E-state index in [0.717, 1.165) is 30.5 Å². The average molecular weight is 312 g/mol. The van der Waals surface area contributed by atoms with Gasteiger partial charge in [0.1, 0.15) is 17.2 Å². The van der Waals surface area contributed by atoms with Gasteiger partial charge in [0.05, 0.1) is 23.0 Å². The number of hydrogen-bond donors (Lipinski definition) is 4. The van der Waals surface area contributed by atoms with Crippen molar-refractivity contribution in [3.8, 4) is 17.2 Å². The standard InChI is InChI=1S/C14H11F3N2O3/c15-14(16,17)8-1-3-9(4-2-8)19-18-7-11-12(21)5-10(20)6-13(11)22/h1-7,19-22H/b18-7+. The van der Waals surface area contributed by atoms with Crippen LogP contribution in [-0.2, 0) is 6.18 Å². The van der Waals surface area contributed by atoms with E-state index in [0.29, 0.717) is 5.69 Å². The molecule has 0 heterocycles. The Kier molecular flexibility index (Phi) is 4.11. The Hall–Kier alpha value is -2.90. The highest BCUT2D eigenvalue weighted by Crippen LogP contribution is 2.31. The van der Waals surface area contributed by atoms with E-state index in [2.05, 4.69) is 10.5 Å². The smallest absolute Gasteiger partial charge is 0.416 e. The molecule has 0 aromatic heterocycles. The van der Waals surface area contributed by atoms with Crippen LogP contribution in [0.1, 0.15) is 11.1 Å². The van der Waals surface area contributed by atoms with Crippen molar-refractivity contribution in [2.24, 2.45) is 5.10 Å². The number of hydrazone groups is 1. The monoisotopic (exact) mass is 312 g/mol. The molecule has 2 aromatic rings. The third-order valence-electron chi connectivity index (χ3n) is 2.72. The van der Waals surface area contributed by atoms with E-state index in [-0.39, 0.29) is 11.3 Å². The predicted molar refractivity (Wildman–Crippen MR) is 74.1 cm³/mol. The molecular weight excluding hydrogens is 301 g/mol. The number of alkyl halides is 3. The summed E-state index contributed by atoms with van der Waals surface area (Å²) in [6.45, 7) is 0. The van der Waals surface area contributed by atoms with Gasteiger partial charge in [-0.3, -0.25) is 5.43 Å². The summed E-state index contributed by atoms with van der Waals surface area (Å²) in [6, 6.07) is 6.20. The Balaban J connectivity index is 2.10. The number of benzene rings is 2. The number of hydrogen-bond acceptors (Lipinski definition) is 5. The second-order valence-electron chi connectivity index (χ2n) is 4.34. The molecule has 0 fully saturated rings. The topological polar surface area (TPSA) is 85.1 Å². The fourth-order valence-corrected chi connectivity index (χ4v) is 1.65. The molecule has 0 atom stereocenters. The number of anilines is 1. The maximum atomic E-state index is 12.4. The van der Waals surface area contributed by atoms with Gasteiger partial charge < -0.3 is 15.3 Å². The molecule has 0 aliphatic rings. The molecule has 0 aliphatic carbocycles. The van der Waals surface area contributed by atoms with E-state index in [4.69, 9.17) is 5.11 Å². The average Bonchev–Trinajstić information content (AvgIpc) is 2.41. The lowest BCUT2D eigenvalue weighted by molar-refractivity contribution is -0.137. The molecule has 2 aromatic carbocycles. The Bertz CT molecular complexity index is 674. The Labute approximate surface area is 123 Å². The highest BCUT2D eigenvalue weighted by atomic mass is 19.4. The summed E-state index contributed by atoms with van der Waals surface area (Å²) in [5.74, 6) is -1.10. The van der Waals surface area contributed by atoms with Gasteiger partial charge in [0.25, 0.3) is 0 Å². The Morgan fingerprint density at radius 3 is 2.00 bits per heavy atom. The zero-order chi connectivity index (χ0) is 16.3. The molecule has 0 saturated heterocycles. The Morgan fingerprint density at radius 2 is 1.50 bits per heavy atom. The van der Waals surface area contributed by atoms with Crippen molar-refractivity contribution < 1.29 is 28.5 Å². The lowest BCUT2D eigenvalue weighted by Crippen LogP contribution is -2.04. The fourth-order valence-electron chi connectivity index (χ4n) is 1.65. The summed E-state index contributed by atoms with van der Waals surface area (Å²) in [4.78, 5) is 0. The number of nitrogens with zero attached hydrogens (tertiary/aromatic N) is 1. The second-order valence-corrected chi connectivity index (χ2v) is 4.34. The van der Waals surface area contributed by atoms with Gasteiger partial charge in [-0.25, -0.2) is 0 Å². The maximum Gasteiger partial charge on any atom is 0.416 e. The van der Waals surface area contributed by atoms with Crippen LogP contribution in [0.15, 0.2) is 41.5 Å². The lowest BCUT2D eigenvalue weighted by Gasteiger charge is -2.07. The molecule has 0 spiro atoms. The van der Waals surface area contributed by atoms with Gasteiger partial charge in [-0.05, 0) is 24.3 Å². The molecule has 4 N–H and O–H groups in total. The van der Waals surface area contributed by atoms with E-state index in [1.807, 2.05) is 0 Å². The van der Waals surface area contributed by atoms with Crippen molar-refractivity contribution in [2.45, 2.75) is 6.18 Å². The first kappa shape index (κ1) is 15.5. The van der Waals surface area contributed by atoms with E-state index < -0.39 is 23.2 Å². The van der Waals surface area contributed by atoms with E-state index in [1.165, 1.54) is 12.1 Å². The van der Waals surface area contributed by atoms with Gasteiger partial charge in [0.15, 0.2) is 0 Å². The molecule has 116 valence electrons. The van der Waals surface area contributed by atoms with Gasteiger partial charge >= 0.3 is 6.18 Å². The molecule has 0 unspecified atom stereocenters. The van der Waals surface area contributed by atoms with Crippen LogP contribution in [0.3, 0.4) is 0 Å². The molecule has 0 aliphatic heterocycles. The van der Waals surface area contributed by atoms with E-state index >= 15 is 0 Å². The fraction of sp³-hybridized carbons (Fsp3) is 0.0714. The van der Waals surface area contributed by atoms with Gasteiger partial charge in [0, 0.05) is 12.1 Å². The summed E-state index contributed by atoms with van der Waals surface area (Å²) in [7, 11) is 0. The predicted octanol–water partition coefficient (Wildman–Crippen LogP) is 3.27. The number of aromatic hydroxyl groups is 3. The number of phenols is 3. The minimum Gasteiger partial charge on any atom is -0.508 e. The van der Waals surface area contributed by atoms with Crippen molar-refractivity contribution in [3.63, 3.8) is 0 Å². The zero-order valence-corrected chi connectivity index (χ0v) is 11.0. The zero-order valence-electron chi connectivity index (χ0n) is 11.0. The first-order chi connectivity index (χ1) is 10.3. The van der Waals surface area contributed by atoms with Crippen molar-refractivity contribution in [1.29, 1.82) is 0 Å². The van der Waals surface area contributed by atoms with Gasteiger partial charge in [-0.1, -0.05) is 0 Å². The SMILES string of the molecule is Oc1cc(O)c(/C=N/Nc2ccc(C(F)(F)F)cc2)c(O)c1. The molecule has 0 amide bonds. The minimum absolute atomic E-state index is 0.0442. The first-order valence-corrected chi connectivity index (χ1v) is 5.98. The van der Waals surface area contributed by atoms with E-state index in [1.54, 1.807) is 0 Å².